The van der Waals surface area contributed by atoms with Crippen LogP contribution >= 0.6 is 11.6 Å². The Morgan fingerprint density at radius 2 is 1.78 bits per heavy atom. The van der Waals surface area contributed by atoms with Gasteiger partial charge in [-0.05, 0) is 30.5 Å². The third-order valence-electron chi connectivity index (χ3n) is 4.31. The summed E-state index contributed by atoms with van der Waals surface area (Å²) in [6, 6.07) is 5.20. The van der Waals surface area contributed by atoms with E-state index >= 15 is 0 Å². The summed E-state index contributed by atoms with van der Waals surface area (Å²) in [7, 11) is 0. The Morgan fingerprint density at radius 1 is 1.22 bits per heavy atom. The number of carboxylic acid groups (broad SMARTS) is 1. The number of hydrogen-bond donors (Lipinski definition) is 2. The van der Waals surface area contributed by atoms with Crippen molar-refractivity contribution in [2.24, 2.45) is 0 Å². The van der Waals surface area contributed by atoms with E-state index in [4.69, 9.17) is 16.7 Å². The molecule has 0 heterocycles. The van der Waals surface area contributed by atoms with Gasteiger partial charge in [-0.15, -0.1) is 0 Å². The Balaban J connectivity index is 2.24. The molecule has 4 nitrogen and oxygen atoms in total. The predicted molar refractivity (Wildman–Crippen MR) is 81.8 cm³/mol. The summed E-state index contributed by atoms with van der Waals surface area (Å²) in [5.74, 6) is -1.96. The number of nitrogens with one attached hydrogen (secondary N) is 1. The third kappa shape index (κ3) is 3.99. The summed E-state index contributed by atoms with van der Waals surface area (Å²) >= 11 is 5.86. The Labute approximate surface area is 137 Å². The van der Waals surface area contributed by atoms with Crippen LogP contribution in [0.15, 0.2) is 24.3 Å². The number of carbonyl (C=O) groups is 2. The van der Waals surface area contributed by atoms with Gasteiger partial charge in [0.05, 0.1) is 5.41 Å². The van der Waals surface area contributed by atoms with Crippen molar-refractivity contribution in [1.82, 2.24) is 5.32 Å². The van der Waals surface area contributed by atoms with Crippen LogP contribution in [0.1, 0.15) is 37.7 Å². The van der Waals surface area contributed by atoms with Crippen molar-refractivity contribution in [2.75, 3.05) is 0 Å². The van der Waals surface area contributed by atoms with Gasteiger partial charge in [-0.25, -0.2) is 13.6 Å². The van der Waals surface area contributed by atoms with Crippen molar-refractivity contribution in [3.8, 4) is 0 Å². The normalized spacial score (nSPS) is 17.9. The van der Waals surface area contributed by atoms with Crippen LogP contribution in [-0.4, -0.2) is 29.5 Å². The van der Waals surface area contributed by atoms with Crippen molar-refractivity contribution < 1.29 is 23.5 Å². The average molecular weight is 346 g/mol. The third-order valence-corrected chi connectivity index (χ3v) is 4.56. The highest BCUT2D eigenvalue weighted by Crippen LogP contribution is 2.41. The molecular formula is C16H18ClF2NO3. The zero-order valence-electron chi connectivity index (χ0n) is 12.4. The largest absolute Gasteiger partial charge is 0.480 e. The Hall–Kier alpha value is -1.69. The molecule has 1 aromatic carbocycles. The number of hydrogen-bond acceptors (Lipinski definition) is 2. The minimum Gasteiger partial charge on any atom is -0.480 e. The van der Waals surface area contributed by atoms with Crippen molar-refractivity contribution in [3.63, 3.8) is 0 Å². The van der Waals surface area contributed by atoms with E-state index in [0.717, 1.165) is 18.4 Å². The van der Waals surface area contributed by atoms with E-state index in [1.165, 1.54) is 0 Å². The average Bonchev–Trinajstić information content (AvgIpc) is 2.97. The molecule has 1 unspecified atom stereocenters. The second kappa shape index (κ2) is 7.25. The summed E-state index contributed by atoms with van der Waals surface area (Å²) in [6.07, 6.45) is -0.946. The highest BCUT2D eigenvalue weighted by atomic mass is 35.5. The van der Waals surface area contributed by atoms with Crippen LogP contribution in [0.3, 0.4) is 0 Å². The van der Waals surface area contributed by atoms with Gasteiger partial charge in [-0.2, -0.15) is 0 Å². The molecule has 0 bridgehead atoms. The van der Waals surface area contributed by atoms with Gasteiger partial charge in [0, 0.05) is 11.4 Å². The lowest BCUT2D eigenvalue weighted by atomic mass is 9.77. The number of carbonyl (C=O) groups excluding carboxylic acids is 1. The fraction of sp³-hybridized carbons (Fsp3) is 0.500. The van der Waals surface area contributed by atoms with Gasteiger partial charge in [0.1, 0.15) is 6.04 Å². The van der Waals surface area contributed by atoms with Gasteiger partial charge in [-0.1, -0.05) is 36.6 Å². The molecule has 0 aromatic heterocycles. The second-order valence-corrected chi connectivity index (χ2v) is 6.22. The van der Waals surface area contributed by atoms with Crippen LogP contribution in [0.4, 0.5) is 8.78 Å². The maximum atomic E-state index is 12.7. The van der Waals surface area contributed by atoms with Gasteiger partial charge < -0.3 is 10.4 Å². The summed E-state index contributed by atoms with van der Waals surface area (Å²) in [6.45, 7) is 0. The molecule has 0 aliphatic heterocycles. The molecule has 0 radical (unpaired) electrons. The van der Waals surface area contributed by atoms with Crippen LogP contribution in [0, 0.1) is 0 Å². The molecule has 126 valence electrons. The molecule has 1 fully saturated rings. The first-order valence-corrected chi connectivity index (χ1v) is 7.81. The lowest BCUT2D eigenvalue weighted by molar-refractivity contribution is -0.144. The molecule has 1 saturated carbocycles. The van der Waals surface area contributed by atoms with E-state index in [1.807, 2.05) is 0 Å². The van der Waals surface area contributed by atoms with Gasteiger partial charge in [-0.3, -0.25) is 4.79 Å². The molecule has 1 aromatic rings. The fourth-order valence-corrected chi connectivity index (χ4v) is 3.22. The molecule has 1 amide bonds. The first kappa shape index (κ1) is 17.7. The van der Waals surface area contributed by atoms with Gasteiger partial charge >= 0.3 is 5.97 Å². The zero-order valence-corrected chi connectivity index (χ0v) is 13.2. The van der Waals surface area contributed by atoms with E-state index in [0.29, 0.717) is 17.9 Å². The molecule has 7 heteroatoms. The van der Waals surface area contributed by atoms with Gasteiger partial charge in [0.15, 0.2) is 0 Å². The lowest BCUT2D eigenvalue weighted by Crippen LogP contribution is -2.50. The molecule has 2 rings (SSSR count). The molecule has 1 atom stereocenters. The van der Waals surface area contributed by atoms with Crippen molar-refractivity contribution in [1.29, 1.82) is 0 Å². The van der Waals surface area contributed by atoms with Gasteiger partial charge in [0.25, 0.3) is 0 Å². The van der Waals surface area contributed by atoms with E-state index < -0.39 is 36.2 Å². The highest BCUT2D eigenvalue weighted by Gasteiger charge is 2.44. The van der Waals surface area contributed by atoms with Crippen molar-refractivity contribution in [2.45, 2.75) is 50.0 Å². The summed E-state index contributed by atoms with van der Waals surface area (Å²) in [5.41, 5.74) is -0.140. The molecular weight excluding hydrogens is 328 g/mol. The number of alkyl halides is 2. The van der Waals surface area contributed by atoms with Crippen molar-refractivity contribution in [3.05, 3.63) is 34.9 Å². The van der Waals surface area contributed by atoms with E-state index in [-0.39, 0.29) is 0 Å². The topological polar surface area (TPSA) is 66.4 Å². The Bertz CT molecular complexity index is 571. The number of aliphatic carboxylic acids is 1. The number of halogens is 3. The van der Waals surface area contributed by atoms with Crippen LogP contribution < -0.4 is 5.32 Å². The van der Waals surface area contributed by atoms with E-state index in [2.05, 4.69) is 5.32 Å². The predicted octanol–water partition coefficient (Wildman–Crippen LogP) is 3.38. The number of amides is 1. The Kier molecular flexibility index (Phi) is 5.57. The number of benzene rings is 1. The summed E-state index contributed by atoms with van der Waals surface area (Å²) < 4.78 is 25.0. The summed E-state index contributed by atoms with van der Waals surface area (Å²) in [4.78, 5) is 23.8. The second-order valence-electron chi connectivity index (χ2n) is 5.79. The maximum absolute atomic E-state index is 12.7. The van der Waals surface area contributed by atoms with Crippen molar-refractivity contribution >= 4 is 23.5 Å². The molecule has 1 aliphatic carbocycles. The minimum absolute atomic E-state index is 0.509. The number of rotatable bonds is 6. The van der Waals surface area contributed by atoms with Crippen LogP contribution in [0.2, 0.25) is 5.02 Å². The monoisotopic (exact) mass is 345 g/mol. The molecule has 1 aliphatic rings. The summed E-state index contributed by atoms with van der Waals surface area (Å²) in [5, 5.41) is 11.9. The SMILES string of the molecule is O=C(O)C(CC(F)F)NC(=O)C1(c2ccc(Cl)cc2)CCCC1. The zero-order chi connectivity index (χ0) is 17.0. The minimum atomic E-state index is -2.80. The Morgan fingerprint density at radius 3 is 2.26 bits per heavy atom. The van der Waals surface area contributed by atoms with Crippen LogP contribution in [0.5, 0.6) is 0 Å². The van der Waals surface area contributed by atoms with Crippen LogP contribution in [0.25, 0.3) is 0 Å². The first-order chi connectivity index (χ1) is 10.8. The molecule has 0 spiro atoms. The van der Waals surface area contributed by atoms with E-state index in [1.54, 1.807) is 24.3 Å². The smallest absolute Gasteiger partial charge is 0.326 e. The molecule has 0 saturated heterocycles. The maximum Gasteiger partial charge on any atom is 0.326 e. The molecule has 2 N–H and O–H groups in total. The fourth-order valence-electron chi connectivity index (χ4n) is 3.09. The van der Waals surface area contributed by atoms with Gasteiger partial charge in [0.2, 0.25) is 12.3 Å². The first-order valence-electron chi connectivity index (χ1n) is 7.43. The van der Waals surface area contributed by atoms with E-state index in [9.17, 15) is 18.4 Å². The quantitative estimate of drug-likeness (QED) is 0.830. The standard InChI is InChI=1S/C16H18ClF2NO3/c17-11-5-3-10(4-6-11)16(7-1-2-8-16)15(23)20-12(14(21)22)9-13(18)19/h3-6,12-13H,1-2,7-9H2,(H,20,23)(H,21,22). The van der Waals surface area contributed by atoms with Crippen LogP contribution in [-0.2, 0) is 15.0 Å². The molecule has 23 heavy (non-hydrogen) atoms. The highest BCUT2D eigenvalue weighted by molar-refractivity contribution is 6.30. The lowest BCUT2D eigenvalue weighted by Gasteiger charge is -2.30. The number of carboxylic acids is 1.